The van der Waals surface area contributed by atoms with E-state index in [-0.39, 0.29) is 29.5 Å². The number of nitriles is 1. The molecule has 0 bridgehead atoms. The first-order valence-electron chi connectivity index (χ1n) is 12.8. The van der Waals surface area contributed by atoms with Crippen LogP contribution >= 0.6 is 0 Å². The van der Waals surface area contributed by atoms with Crippen molar-refractivity contribution in [1.29, 1.82) is 5.26 Å². The molecule has 0 fully saturated rings. The third-order valence-corrected chi connectivity index (χ3v) is 6.78. The molecular weight excluding hydrogens is 460 g/mol. The minimum absolute atomic E-state index is 0.206. The molecule has 0 aliphatic heterocycles. The molecule has 1 atom stereocenters. The van der Waals surface area contributed by atoms with E-state index in [0.717, 1.165) is 40.7 Å². The lowest BCUT2D eigenvalue weighted by atomic mass is 9.98. The maximum absolute atomic E-state index is 13.9. The summed E-state index contributed by atoms with van der Waals surface area (Å²) in [6.07, 6.45) is 6.94. The van der Waals surface area contributed by atoms with Crippen molar-refractivity contribution in [3.05, 3.63) is 111 Å². The third kappa shape index (κ3) is 5.62. The van der Waals surface area contributed by atoms with Crippen molar-refractivity contribution in [1.82, 2.24) is 14.5 Å². The highest BCUT2D eigenvalue weighted by molar-refractivity contribution is 5.66. The summed E-state index contributed by atoms with van der Waals surface area (Å²) in [6, 6.07) is 19.3. The first-order chi connectivity index (χ1) is 18.0. The van der Waals surface area contributed by atoms with Crippen LogP contribution in [0.5, 0.6) is 5.88 Å². The quantitative estimate of drug-likeness (QED) is 0.304. The van der Waals surface area contributed by atoms with Gasteiger partial charge >= 0.3 is 0 Å². The molecule has 1 N–H and O–H groups in total. The van der Waals surface area contributed by atoms with E-state index < -0.39 is 0 Å². The molecule has 0 saturated carbocycles. The maximum Gasteiger partial charge on any atom is 0.261 e. The van der Waals surface area contributed by atoms with Crippen LogP contribution in [0.1, 0.15) is 72.8 Å². The van der Waals surface area contributed by atoms with Gasteiger partial charge in [0.1, 0.15) is 5.82 Å². The molecule has 2 heterocycles. The number of hydrogen-bond acceptors (Lipinski definition) is 5. The zero-order valence-corrected chi connectivity index (χ0v) is 21.6. The Hall–Kier alpha value is -4.24. The monoisotopic (exact) mass is 492 g/mol. The number of benzene rings is 2. The van der Waals surface area contributed by atoms with Crippen LogP contribution in [-0.2, 0) is 12.8 Å². The van der Waals surface area contributed by atoms with Crippen LogP contribution in [0.2, 0.25) is 0 Å². The summed E-state index contributed by atoms with van der Waals surface area (Å²) in [5.74, 6) is 0.368. The third-order valence-electron chi connectivity index (χ3n) is 6.78. The van der Waals surface area contributed by atoms with Gasteiger partial charge in [-0.05, 0) is 65.8 Å². The van der Waals surface area contributed by atoms with Gasteiger partial charge in [-0.1, -0.05) is 56.7 Å². The van der Waals surface area contributed by atoms with Crippen LogP contribution < -0.4 is 5.56 Å². The second-order valence-electron chi connectivity index (χ2n) is 9.33. The number of aryl methyl sites for hydroxylation is 2. The first-order valence-corrected chi connectivity index (χ1v) is 12.8. The lowest BCUT2D eigenvalue weighted by Crippen LogP contribution is -2.32. The molecule has 0 saturated heterocycles. The van der Waals surface area contributed by atoms with Crippen molar-refractivity contribution >= 4 is 0 Å². The number of aromatic nitrogens is 3. The fourth-order valence-electron chi connectivity index (χ4n) is 4.78. The molecule has 188 valence electrons. The van der Waals surface area contributed by atoms with E-state index in [9.17, 15) is 15.2 Å². The largest absolute Gasteiger partial charge is 0.493 e. The van der Waals surface area contributed by atoms with Crippen molar-refractivity contribution in [2.45, 2.75) is 58.9 Å². The second-order valence-corrected chi connectivity index (χ2v) is 9.33. The molecular formula is C31H32N4O2. The van der Waals surface area contributed by atoms with Gasteiger partial charge < -0.3 is 5.11 Å². The fourth-order valence-corrected chi connectivity index (χ4v) is 4.78. The van der Waals surface area contributed by atoms with E-state index in [1.807, 2.05) is 68.6 Å². The van der Waals surface area contributed by atoms with E-state index >= 15 is 0 Å². The molecule has 37 heavy (non-hydrogen) atoms. The van der Waals surface area contributed by atoms with Crippen LogP contribution in [0.25, 0.3) is 11.1 Å². The summed E-state index contributed by atoms with van der Waals surface area (Å²) in [5, 5.41) is 20.3. The van der Waals surface area contributed by atoms with Crippen molar-refractivity contribution in [2.24, 2.45) is 0 Å². The van der Waals surface area contributed by atoms with Gasteiger partial charge in [0.05, 0.1) is 23.2 Å². The Bertz CT molecular complexity index is 1480. The smallest absolute Gasteiger partial charge is 0.261 e. The number of hydrogen-bond donors (Lipinski definition) is 1. The molecule has 1 unspecified atom stereocenters. The van der Waals surface area contributed by atoms with Crippen molar-refractivity contribution in [3.63, 3.8) is 0 Å². The number of aromatic hydroxyl groups is 1. The Labute approximate surface area is 217 Å². The van der Waals surface area contributed by atoms with E-state index in [4.69, 9.17) is 0 Å². The summed E-state index contributed by atoms with van der Waals surface area (Å²) >= 11 is 0. The Kier molecular flexibility index (Phi) is 8.15. The number of rotatable bonds is 9. The minimum atomic E-state index is -0.281. The average molecular weight is 493 g/mol. The molecule has 0 aliphatic carbocycles. The SMILES string of the molecule is CCCCc1nc(O)c(Cc2ccc(-c3ccncc3C)cc2)c(=O)n1C(CC)c1cccc(C#N)c1. The van der Waals surface area contributed by atoms with E-state index in [1.165, 1.54) is 0 Å². The summed E-state index contributed by atoms with van der Waals surface area (Å²) in [7, 11) is 0. The molecule has 0 amide bonds. The lowest BCUT2D eigenvalue weighted by Gasteiger charge is -2.23. The van der Waals surface area contributed by atoms with Gasteiger partial charge in [0.15, 0.2) is 0 Å². The van der Waals surface area contributed by atoms with Crippen LogP contribution in [0.3, 0.4) is 0 Å². The molecule has 0 aliphatic rings. The van der Waals surface area contributed by atoms with Gasteiger partial charge in [-0.15, -0.1) is 0 Å². The minimum Gasteiger partial charge on any atom is -0.493 e. The van der Waals surface area contributed by atoms with Crippen LogP contribution in [-0.4, -0.2) is 19.6 Å². The molecule has 4 aromatic rings. The van der Waals surface area contributed by atoms with Gasteiger partial charge in [-0.2, -0.15) is 10.2 Å². The Morgan fingerprint density at radius 3 is 2.57 bits per heavy atom. The number of pyridine rings is 1. The topological polar surface area (TPSA) is 91.8 Å². The van der Waals surface area contributed by atoms with Gasteiger partial charge in [0.25, 0.3) is 5.56 Å². The van der Waals surface area contributed by atoms with Crippen LogP contribution in [0.15, 0.2) is 71.8 Å². The number of unbranched alkanes of at least 4 members (excludes halogenated alkanes) is 1. The zero-order chi connectivity index (χ0) is 26.4. The average Bonchev–Trinajstić information content (AvgIpc) is 2.92. The molecule has 6 heteroatoms. The van der Waals surface area contributed by atoms with Gasteiger partial charge in [-0.3, -0.25) is 14.3 Å². The summed E-state index contributed by atoms with van der Waals surface area (Å²) in [6.45, 7) is 6.13. The van der Waals surface area contributed by atoms with Crippen molar-refractivity contribution in [3.8, 4) is 23.1 Å². The fraction of sp³-hybridized carbons (Fsp3) is 0.290. The van der Waals surface area contributed by atoms with E-state index in [0.29, 0.717) is 24.2 Å². The highest BCUT2D eigenvalue weighted by atomic mass is 16.3. The highest BCUT2D eigenvalue weighted by Crippen LogP contribution is 2.27. The second kappa shape index (κ2) is 11.7. The zero-order valence-electron chi connectivity index (χ0n) is 21.6. The highest BCUT2D eigenvalue weighted by Gasteiger charge is 2.23. The lowest BCUT2D eigenvalue weighted by molar-refractivity contribution is 0.420. The first kappa shape index (κ1) is 25.8. The van der Waals surface area contributed by atoms with E-state index in [1.54, 1.807) is 16.8 Å². The molecule has 0 radical (unpaired) electrons. The van der Waals surface area contributed by atoms with Crippen LogP contribution in [0, 0.1) is 18.3 Å². The molecule has 2 aromatic heterocycles. The molecule has 0 spiro atoms. The maximum atomic E-state index is 13.9. The van der Waals surface area contributed by atoms with Gasteiger partial charge in [0, 0.05) is 25.2 Å². The molecule has 6 nitrogen and oxygen atoms in total. The van der Waals surface area contributed by atoms with Crippen molar-refractivity contribution < 1.29 is 5.11 Å². The van der Waals surface area contributed by atoms with Crippen LogP contribution in [0.4, 0.5) is 0 Å². The Morgan fingerprint density at radius 2 is 1.89 bits per heavy atom. The Morgan fingerprint density at radius 1 is 1.11 bits per heavy atom. The molecule has 4 rings (SSSR count). The predicted molar refractivity (Wildman–Crippen MR) is 146 cm³/mol. The summed E-state index contributed by atoms with van der Waals surface area (Å²) in [4.78, 5) is 22.6. The van der Waals surface area contributed by atoms with E-state index in [2.05, 4.69) is 23.0 Å². The Balaban J connectivity index is 1.76. The number of nitrogens with zero attached hydrogens (tertiary/aromatic N) is 4. The summed E-state index contributed by atoms with van der Waals surface area (Å²) in [5.41, 5.74) is 5.67. The van der Waals surface area contributed by atoms with Crippen molar-refractivity contribution in [2.75, 3.05) is 0 Å². The van der Waals surface area contributed by atoms with Gasteiger partial charge in [0.2, 0.25) is 5.88 Å². The standard InChI is InChI=1S/C31H32N4O2/c1-4-6-10-29-34-30(36)27(18-22-11-13-24(14-12-22)26-15-16-33-20-21(26)3)31(37)35(29)28(5-2)25-9-7-8-23(17-25)19-32/h7-9,11-17,20,28,36H,4-6,10,18H2,1-3H3. The normalized spacial score (nSPS) is 11.7. The summed E-state index contributed by atoms with van der Waals surface area (Å²) < 4.78 is 1.73. The molecule has 2 aromatic carbocycles. The predicted octanol–water partition coefficient (Wildman–Crippen LogP) is 6.12. The van der Waals surface area contributed by atoms with Gasteiger partial charge in [-0.25, -0.2) is 0 Å².